The van der Waals surface area contributed by atoms with Crippen molar-refractivity contribution < 1.29 is 24.1 Å². The number of rotatable bonds is 2. The molecule has 4 rings (SSSR count). The number of nitrogens with zero attached hydrogens (tertiary/aromatic N) is 1. The first kappa shape index (κ1) is 10.9. The molecule has 1 N–H and O–H groups in total. The van der Waals surface area contributed by atoms with E-state index >= 15 is 0 Å². The molecule has 0 aromatic rings. The zero-order chi connectivity index (χ0) is 11.4. The maximum Gasteiger partial charge on any atom is 0.272 e. The number of hydrogen-bond acceptors (Lipinski definition) is 6. The zero-order valence-electron chi connectivity index (χ0n) is 9.57. The van der Waals surface area contributed by atoms with Crippen molar-refractivity contribution in [3.05, 3.63) is 0 Å². The molecule has 3 aliphatic heterocycles. The summed E-state index contributed by atoms with van der Waals surface area (Å²) in [6, 6.07) is -0.00338. The lowest BCUT2D eigenvalue weighted by atomic mass is 9.80. The van der Waals surface area contributed by atoms with Crippen LogP contribution in [0.4, 0.5) is 0 Å². The van der Waals surface area contributed by atoms with Gasteiger partial charge in [0.15, 0.2) is 0 Å². The van der Waals surface area contributed by atoms with Gasteiger partial charge < -0.3 is 29.0 Å². The maximum atomic E-state index is 10.1. The van der Waals surface area contributed by atoms with E-state index in [0.717, 1.165) is 0 Å². The highest BCUT2D eigenvalue weighted by Gasteiger charge is 2.62. The Hall–Kier alpha value is -0.240. The van der Waals surface area contributed by atoms with Crippen LogP contribution in [0, 0.1) is 0 Å². The van der Waals surface area contributed by atoms with E-state index in [1.807, 2.05) is 19.0 Å². The van der Waals surface area contributed by atoms with E-state index < -0.39 is 12.6 Å². The monoisotopic (exact) mass is 231 g/mol. The number of likely N-dealkylation sites (N-methyl/N-ethyl adjacent to an activating group) is 1. The third kappa shape index (κ3) is 1.28. The van der Waals surface area contributed by atoms with E-state index in [-0.39, 0.29) is 30.5 Å². The van der Waals surface area contributed by atoms with Gasteiger partial charge in [-0.3, -0.25) is 0 Å². The topological polar surface area (TPSA) is 60.4 Å². The molecule has 0 amide bonds. The van der Waals surface area contributed by atoms with Gasteiger partial charge in [-0.25, -0.2) is 0 Å². The molecule has 0 unspecified atom stereocenters. The van der Waals surface area contributed by atoms with Gasteiger partial charge in [0.2, 0.25) is 0 Å². The first-order valence-corrected chi connectivity index (χ1v) is 5.47. The Balaban J connectivity index is 1.94. The minimum atomic E-state index is -0.659. The Morgan fingerprint density at radius 1 is 1.06 bits per heavy atom. The SMILES string of the molecule is CO[C@@H]1[C@@H]2O[C@@H]3O[C@H]1[C@H](N(C)C)[C@@H](O3)[C@@H]2O. The molecule has 0 aromatic heterocycles. The average molecular weight is 231 g/mol. The summed E-state index contributed by atoms with van der Waals surface area (Å²) >= 11 is 0. The second kappa shape index (κ2) is 3.63. The minimum Gasteiger partial charge on any atom is -0.388 e. The van der Waals surface area contributed by atoms with Crippen molar-refractivity contribution in [1.82, 2.24) is 4.90 Å². The first-order chi connectivity index (χ1) is 7.63. The third-order valence-corrected chi connectivity index (χ3v) is 3.67. The van der Waals surface area contributed by atoms with Gasteiger partial charge in [-0.1, -0.05) is 0 Å². The van der Waals surface area contributed by atoms with Crippen molar-refractivity contribution in [2.45, 2.75) is 43.0 Å². The molecule has 0 spiro atoms. The zero-order valence-corrected chi connectivity index (χ0v) is 9.57. The van der Waals surface area contributed by atoms with Crippen LogP contribution < -0.4 is 0 Å². The van der Waals surface area contributed by atoms with Gasteiger partial charge in [-0.05, 0) is 14.1 Å². The average Bonchev–Trinajstić information content (AvgIpc) is 2.24. The van der Waals surface area contributed by atoms with Crippen LogP contribution >= 0.6 is 0 Å². The first-order valence-electron chi connectivity index (χ1n) is 5.47. The fraction of sp³-hybridized carbons (Fsp3) is 1.00. The van der Waals surface area contributed by atoms with Crippen LogP contribution in [0.1, 0.15) is 0 Å². The number of methoxy groups -OCH3 is 1. The molecule has 7 atom stereocenters. The summed E-state index contributed by atoms with van der Waals surface area (Å²) in [5.41, 5.74) is 0. The van der Waals surface area contributed by atoms with Gasteiger partial charge in [0.05, 0.1) is 6.04 Å². The van der Waals surface area contributed by atoms with E-state index in [0.29, 0.717) is 0 Å². The molecule has 0 radical (unpaired) electrons. The predicted octanol–water partition coefficient (Wildman–Crippen LogP) is -1.23. The summed E-state index contributed by atoms with van der Waals surface area (Å²) in [6.45, 7) is -0.647. The van der Waals surface area contributed by atoms with Gasteiger partial charge >= 0.3 is 0 Å². The summed E-state index contributed by atoms with van der Waals surface area (Å²) in [6.07, 6.45) is -1.61. The van der Waals surface area contributed by atoms with Crippen LogP contribution in [0.25, 0.3) is 0 Å². The maximum absolute atomic E-state index is 10.1. The Bertz CT molecular complexity index is 286. The highest BCUT2D eigenvalue weighted by Crippen LogP contribution is 2.42. The van der Waals surface area contributed by atoms with Gasteiger partial charge in [-0.2, -0.15) is 0 Å². The van der Waals surface area contributed by atoms with Crippen LogP contribution in [-0.4, -0.2) is 74.2 Å². The largest absolute Gasteiger partial charge is 0.388 e. The van der Waals surface area contributed by atoms with Crippen LogP contribution in [0.15, 0.2) is 0 Å². The highest BCUT2D eigenvalue weighted by molar-refractivity contribution is 5.08. The summed E-state index contributed by atoms with van der Waals surface area (Å²) in [5.74, 6) is 0. The van der Waals surface area contributed by atoms with Crippen molar-refractivity contribution in [1.29, 1.82) is 0 Å². The molecule has 4 aliphatic rings. The Labute approximate surface area is 94.0 Å². The molecule has 6 nitrogen and oxygen atoms in total. The fourth-order valence-electron chi connectivity index (χ4n) is 2.97. The standard InChI is InChI=1S/C10H17NO5/c1-11(2)4-6-5(12)8-9(13-3)7(4)15-10(14-6)16-8/h4-10,12H,1-3H3/t4-,5+,6-,7+,8-,9+,10+/m1/s1. The van der Waals surface area contributed by atoms with Crippen molar-refractivity contribution in [3.63, 3.8) is 0 Å². The highest BCUT2D eigenvalue weighted by atomic mass is 16.9. The molecule has 4 bridgehead atoms. The lowest BCUT2D eigenvalue weighted by Crippen LogP contribution is -2.77. The van der Waals surface area contributed by atoms with Gasteiger partial charge in [-0.15, -0.1) is 0 Å². The number of aliphatic hydroxyl groups excluding tert-OH is 1. The summed E-state index contributed by atoms with van der Waals surface area (Å²) in [4.78, 5) is 2.00. The summed E-state index contributed by atoms with van der Waals surface area (Å²) in [7, 11) is 5.50. The molecular formula is C10H17NO5. The molecule has 3 heterocycles. The van der Waals surface area contributed by atoms with Crippen molar-refractivity contribution in [3.8, 4) is 0 Å². The lowest BCUT2D eigenvalue weighted by molar-refractivity contribution is -0.475. The molecule has 92 valence electrons. The van der Waals surface area contributed by atoms with Crippen LogP contribution in [-0.2, 0) is 18.9 Å². The molecular weight excluding hydrogens is 214 g/mol. The van der Waals surface area contributed by atoms with E-state index in [4.69, 9.17) is 18.9 Å². The van der Waals surface area contributed by atoms with E-state index in [9.17, 15) is 5.11 Å². The molecule has 3 saturated heterocycles. The predicted molar refractivity (Wildman–Crippen MR) is 52.7 cm³/mol. The van der Waals surface area contributed by atoms with E-state index in [1.165, 1.54) is 0 Å². The molecule has 0 aromatic carbocycles. The summed E-state index contributed by atoms with van der Waals surface area (Å²) in [5, 5.41) is 10.1. The lowest BCUT2D eigenvalue weighted by Gasteiger charge is -2.59. The van der Waals surface area contributed by atoms with Gasteiger partial charge in [0.25, 0.3) is 6.48 Å². The van der Waals surface area contributed by atoms with Crippen LogP contribution in [0.5, 0.6) is 0 Å². The quantitative estimate of drug-likeness (QED) is 0.642. The van der Waals surface area contributed by atoms with Crippen LogP contribution in [0.3, 0.4) is 0 Å². The molecule has 1 saturated carbocycles. The van der Waals surface area contributed by atoms with E-state index in [2.05, 4.69) is 0 Å². The molecule has 16 heavy (non-hydrogen) atoms. The second-order valence-corrected chi connectivity index (χ2v) is 4.74. The smallest absolute Gasteiger partial charge is 0.272 e. The van der Waals surface area contributed by atoms with Crippen molar-refractivity contribution >= 4 is 0 Å². The van der Waals surface area contributed by atoms with E-state index in [1.54, 1.807) is 7.11 Å². The number of hydrogen-bond donors (Lipinski definition) is 1. The fourth-order valence-corrected chi connectivity index (χ4v) is 2.97. The van der Waals surface area contributed by atoms with Gasteiger partial charge in [0.1, 0.15) is 30.5 Å². The molecule has 4 fully saturated rings. The molecule has 1 aliphatic carbocycles. The second-order valence-electron chi connectivity index (χ2n) is 4.74. The normalized spacial score (nSPS) is 54.9. The molecule has 6 heteroatoms. The third-order valence-electron chi connectivity index (χ3n) is 3.67. The Kier molecular flexibility index (Phi) is 2.47. The minimum absolute atomic E-state index is 0.00338. The summed E-state index contributed by atoms with van der Waals surface area (Å²) < 4.78 is 22.0. The number of aliphatic hydroxyl groups is 1. The Morgan fingerprint density at radius 3 is 2.31 bits per heavy atom. The number of ether oxygens (including phenoxy) is 4. The van der Waals surface area contributed by atoms with Crippen molar-refractivity contribution in [2.24, 2.45) is 0 Å². The Morgan fingerprint density at radius 2 is 1.69 bits per heavy atom. The van der Waals surface area contributed by atoms with Crippen molar-refractivity contribution in [2.75, 3.05) is 21.2 Å². The van der Waals surface area contributed by atoms with Gasteiger partial charge in [0, 0.05) is 7.11 Å². The van der Waals surface area contributed by atoms with Crippen LogP contribution in [0.2, 0.25) is 0 Å².